The molecule has 0 spiro atoms. The Morgan fingerprint density at radius 3 is 2.45 bits per heavy atom. The summed E-state index contributed by atoms with van der Waals surface area (Å²) >= 11 is 0. The minimum Gasteiger partial charge on any atom is -0.302 e. The number of hydrogen-bond donors (Lipinski definition) is 1. The zero-order valence-electron chi connectivity index (χ0n) is 12.1. The van der Waals surface area contributed by atoms with Crippen LogP contribution in [0.3, 0.4) is 0 Å². The van der Waals surface area contributed by atoms with Crippen LogP contribution in [0.25, 0.3) is 0 Å². The third-order valence-corrected chi connectivity index (χ3v) is 4.73. The van der Waals surface area contributed by atoms with Crippen LogP contribution in [-0.2, 0) is 10.0 Å². The van der Waals surface area contributed by atoms with E-state index in [0.717, 1.165) is 13.1 Å². The molecule has 1 atom stereocenters. The van der Waals surface area contributed by atoms with Crippen molar-refractivity contribution in [2.45, 2.75) is 31.7 Å². The maximum Gasteiger partial charge on any atom is 0.242 e. The van der Waals surface area contributed by atoms with E-state index in [-0.39, 0.29) is 16.5 Å². The fourth-order valence-corrected chi connectivity index (χ4v) is 3.42. The zero-order chi connectivity index (χ0) is 15.2. The van der Waals surface area contributed by atoms with Crippen molar-refractivity contribution in [3.8, 4) is 6.07 Å². The molecule has 1 rings (SSSR count). The van der Waals surface area contributed by atoms with E-state index >= 15 is 0 Å². The van der Waals surface area contributed by atoms with Crippen LogP contribution in [0.4, 0.5) is 0 Å². The lowest BCUT2D eigenvalue weighted by Crippen LogP contribution is -2.42. The molecule has 0 fully saturated rings. The van der Waals surface area contributed by atoms with Gasteiger partial charge in [-0.2, -0.15) is 5.26 Å². The molecule has 0 heterocycles. The summed E-state index contributed by atoms with van der Waals surface area (Å²) in [5, 5.41) is 8.99. The van der Waals surface area contributed by atoms with Gasteiger partial charge in [0.15, 0.2) is 0 Å². The monoisotopic (exact) mass is 295 g/mol. The maximum atomic E-state index is 12.3. The van der Waals surface area contributed by atoms with Gasteiger partial charge in [0.25, 0.3) is 0 Å². The largest absolute Gasteiger partial charge is 0.302 e. The van der Waals surface area contributed by atoms with Gasteiger partial charge in [-0.15, -0.1) is 0 Å². The lowest BCUT2D eigenvalue weighted by atomic mass is 10.2. The van der Waals surface area contributed by atoms with Crippen molar-refractivity contribution in [2.24, 2.45) is 0 Å². The number of rotatable bonds is 7. The Morgan fingerprint density at radius 1 is 1.30 bits per heavy atom. The molecule has 0 saturated heterocycles. The van der Waals surface area contributed by atoms with E-state index in [0.29, 0.717) is 6.54 Å². The summed E-state index contributed by atoms with van der Waals surface area (Å²) in [7, 11) is -3.66. The number of nitriles is 1. The highest BCUT2D eigenvalue weighted by atomic mass is 32.2. The smallest absolute Gasteiger partial charge is 0.242 e. The van der Waals surface area contributed by atoms with Gasteiger partial charge in [0, 0.05) is 12.6 Å². The lowest BCUT2D eigenvalue weighted by molar-refractivity contribution is 0.282. The zero-order valence-corrected chi connectivity index (χ0v) is 12.9. The summed E-state index contributed by atoms with van der Waals surface area (Å²) in [4.78, 5) is 2.18. The maximum absolute atomic E-state index is 12.3. The number of sulfonamides is 1. The van der Waals surface area contributed by atoms with Crippen LogP contribution in [0.2, 0.25) is 0 Å². The average Bonchev–Trinajstić information content (AvgIpc) is 2.44. The van der Waals surface area contributed by atoms with Gasteiger partial charge in [0.1, 0.15) is 6.07 Å². The molecule has 1 unspecified atom stereocenters. The Bertz CT molecular complexity index is 574. The third-order valence-electron chi connectivity index (χ3n) is 3.08. The molecular weight excluding hydrogens is 274 g/mol. The van der Waals surface area contributed by atoms with Crippen LogP contribution in [0.1, 0.15) is 26.3 Å². The van der Waals surface area contributed by atoms with Crippen LogP contribution >= 0.6 is 0 Å². The summed E-state index contributed by atoms with van der Waals surface area (Å²) in [6.45, 7) is 8.28. The molecule has 110 valence electrons. The van der Waals surface area contributed by atoms with Crippen molar-refractivity contribution in [1.82, 2.24) is 9.62 Å². The summed E-state index contributed by atoms with van der Waals surface area (Å²) in [6.07, 6.45) is 0. The minimum atomic E-state index is -3.66. The summed E-state index contributed by atoms with van der Waals surface area (Å²) < 4.78 is 27.2. The van der Waals surface area contributed by atoms with Crippen LogP contribution in [0.15, 0.2) is 29.2 Å². The van der Waals surface area contributed by atoms with Gasteiger partial charge in [-0.05, 0) is 32.1 Å². The Balaban J connectivity index is 2.88. The van der Waals surface area contributed by atoms with E-state index < -0.39 is 10.0 Å². The Kier molecular flexibility index (Phi) is 6.14. The molecule has 0 aromatic heterocycles. The number of nitrogens with zero attached hydrogens (tertiary/aromatic N) is 2. The SMILES string of the molecule is CCN(CC)CC(C)NS(=O)(=O)c1ccccc1C#N. The highest BCUT2D eigenvalue weighted by molar-refractivity contribution is 7.89. The first-order valence-electron chi connectivity index (χ1n) is 6.68. The molecule has 20 heavy (non-hydrogen) atoms. The Morgan fingerprint density at radius 2 is 1.90 bits per heavy atom. The van der Waals surface area contributed by atoms with Crippen LogP contribution in [0, 0.1) is 11.3 Å². The normalized spacial score (nSPS) is 13.2. The highest BCUT2D eigenvalue weighted by Crippen LogP contribution is 2.14. The molecule has 0 radical (unpaired) electrons. The van der Waals surface area contributed by atoms with E-state index in [1.54, 1.807) is 12.1 Å². The van der Waals surface area contributed by atoms with Crippen molar-refractivity contribution >= 4 is 10.0 Å². The Hall–Kier alpha value is -1.42. The third kappa shape index (κ3) is 4.30. The van der Waals surface area contributed by atoms with Gasteiger partial charge in [-0.3, -0.25) is 0 Å². The molecule has 5 nitrogen and oxygen atoms in total. The number of hydrogen-bond acceptors (Lipinski definition) is 4. The van der Waals surface area contributed by atoms with Gasteiger partial charge < -0.3 is 4.90 Å². The molecule has 6 heteroatoms. The van der Waals surface area contributed by atoms with Gasteiger partial charge in [-0.1, -0.05) is 26.0 Å². The van der Waals surface area contributed by atoms with E-state index in [4.69, 9.17) is 5.26 Å². The molecule has 1 N–H and O–H groups in total. The second kappa shape index (κ2) is 7.39. The minimum absolute atomic E-state index is 0.0360. The molecule has 0 aliphatic carbocycles. The molecule has 0 saturated carbocycles. The van der Waals surface area contributed by atoms with Crippen molar-refractivity contribution in [2.75, 3.05) is 19.6 Å². The van der Waals surface area contributed by atoms with Crippen molar-refractivity contribution in [1.29, 1.82) is 5.26 Å². The predicted molar refractivity (Wildman–Crippen MR) is 78.7 cm³/mol. The molecule has 1 aromatic carbocycles. The fraction of sp³-hybridized carbons (Fsp3) is 0.500. The predicted octanol–water partition coefficient (Wildman–Crippen LogP) is 1.57. The van der Waals surface area contributed by atoms with Crippen LogP contribution < -0.4 is 4.72 Å². The average molecular weight is 295 g/mol. The van der Waals surface area contributed by atoms with Crippen molar-refractivity contribution < 1.29 is 8.42 Å². The van der Waals surface area contributed by atoms with Gasteiger partial charge in [-0.25, -0.2) is 13.1 Å². The first-order chi connectivity index (χ1) is 9.44. The summed E-state index contributed by atoms with van der Waals surface area (Å²) in [6, 6.07) is 7.91. The number of benzene rings is 1. The van der Waals surface area contributed by atoms with Crippen molar-refractivity contribution in [3.05, 3.63) is 29.8 Å². The van der Waals surface area contributed by atoms with Crippen LogP contribution in [-0.4, -0.2) is 39.0 Å². The van der Waals surface area contributed by atoms with E-state index in [1.807, 2.05) is 26.8 Å². The van der Waals surface area contributed by atoms with Crippen LogP contribution in [0.5, 0.6) is 0 Å². The quantitative estimate of drug-likeness (QED) is 0.828. The molecular formula is C14H21N3O2S. The van der Waals surface area contributed by atoms with Gasteiger partial charge in [0.05, 0.1) is 10.5 Å². The molecule has 0 aliphatic heterocycles. The summed E-state index contributed by atoms with van der Waals surface area (Å²) in [5.41, 5.74) is 0.162. The Labute approximate surface area is 121 Å². The van der Waals surface area contributed by atoms with E-state index in [1.165, 1.54) is 12.1 Å². The lowest BCUT2D eigenvalue weighted by Gasteiger charge is -2.23. The molecule has 0 bridgehead atoms. The standard InChI is InChI=1S/C14H21N3O2S/c1-4-17(5-2)11-12(3)16-20(18,19)14-9-7-6-8-13(14)10-15/h6-9,12,16H,4-5,11H2,1-3H3. The van der Waals surface area contributed by atoms with Gasteiger partial charge >= 0.3 is 0 Å². The molecule has 1 aromatic rings. The first kappa shape index (κ1) is 16.6. The second-order valence-electron chi connectivity index (χ2n) is 4.62. The van der Waals surface area contributed by atoms with Gasteiger partial charge in [0.2, 0.25) is 10.0 Å². The topological polar surface area (TPSA) is 73.2 Å². The highest BCUT2D eigenvalue weighted by Gasteiger charge is 2.21. The first-order valence-corrected chi connectivity index (χ1v) is 8.16. The van der Waals surface area contributed by atoms with Crippen molar-refractivity contribution in [3.63, 3.8) is 0 Å². The second-order valence-corrected chi connectivity index (χ2v) is 6.30. The van der Waals surface area contributed by atoms with E-state index in [2.05, 4.69) is 9.62 Å². The summed E-state index contributed by atoms with van der Waals surface area (Å²) in [5.74, 6) is 0. The fourth-order valence-electron chi connectivity index (χ4n) is 2.03. The number of nitrogens with one attached hydrogen (secondary N) is 1. The van der Waals surface area contributed by atoms with E-state index in [9.17, 15) is 8.42 Å². The molecule has 0 amide bonds. The molecule has 0 aliphatic rings. The number of likely N-dealkylation sites (N-methyl/N-ethyl adjacent to an activating group) is 1.